The van der Waals surface area contributed by atoms with Crippen molar-refractivity contribution in [2.75, 3.05) is 6.54 Å². The molecule has 0 heterocycles. The number of nitrogens with one attached hydrogen (secondary N) is 1. The Hall–Kier alpha value is -1.43. The summed E-state index contributed by atoms with van der Waals surface area (Å²) in [5, 5.41) is 11.4. The number of fused-ring (bicyclic) bond motifs is 1. The molecule has 2 aromatic carbocycles. The van der Waals surface area contributed by atoms with Crippen LogP contribution >= 0.6 is 0 Å². The zero-order valence-electron chi connectivity index (χ0n) is 11.7. The molecule has 1 saturated carbocycles. The molecular formula is C16H19NO3S. The molecule has 2 aromatic rings. The second-order valence-corrected chi connectivity index (χ2v) is 7.30. The third-order valence-electron chi connectivity index (χ3n) is 3.94. The molecule has 3 rings (SSSR count). The molecule has 4 nitrogen and oxygen atoms in total. The molecule has 5 heteroatoms. The average molecular weight is 305 g/mol. The van der Waals surface area contributed by atoms with Crippen molar-refractivity contribution < 1.29 is 13.5 Å². The summed E-state index contributed by atoms with van der Waals surface area (Å²) in [7, 11) is -3.55. The van der Waals surface area contributed by atoms with Gasteiger partial charge in [-0.05, 0) is 36.6 Å². The summed E-state index contributed by atoms with van der Waals surface area (Å²) in [5.74, 6) is 0.368. The van der Waals surface area contributed by atoms with Crippen molar-refractivity contribution in [2.45, 2.75) is 30.3 Å². The summed E-state index contributed by atoms with van der Waals surface area (Å²) < 4.78 is 27.4. The highest BCUT2D eigenvalue weighted by atomic mass is 32.2. The van der Waals surface area contributed by atoms with Gasteiger partial charge in [-0.3, -0.25) is 0 Å². The van der Waals surface area contributed by atoms with Gasteiger partial charge < -0.3 is 5.11 Å². The molecule has 2 N–H and O–H groups in total. The van der Waals surface area contributed by atoms with Gasteiger partial charge in [0.1, 0.15) is 0 Å². The number of aliphatic hydroxyl groups excluding tert-OH is 1. The van der Waals surface area contributed by atoms with Crippen molar-refractivity contribution in [3.63, 3.8) is 0 Å². The lowest BCUT2D eigenvalue weighted by Crippen LogP contribution is -2.28. The van der Waals surface area contributed by atoms with E-state index < -0.39 is 10.0 Å². The zero-order valence-corrected chi connectivity index (χ0v) is 12.5. The third-order valence-corrected chi connectivity index (χ3v) is 5.46. The summed E-state index contributed by atoms with van der Waals surface area (Å²) >= 11 is 0. The molecule has 112 valence electrons. The van der Waals surface area contributed by atoms with Crippen molar-refractivity contribution in [3.8, 4) is 0 Å². The van der Waals surface area contributed by atoms with Crippen molar-refractivity contribution >= 4 is 20.8 Å². The first-order chi connectivity index (χ1) is 10.1. The number of benzene rings is 2. The lowest BCUT2D eigenvalue weighted by atomic mass is 10.1. The van der Waals surface area contributed by atoms with Crippen molar-refractivity contribution in [3.05, 3.63) is 42.5 Å². The fourth-order valence-corrected chi connectivity index (χ4v) is 3.84. The van der Waals surface area contributed by atoms with Crippen LogP contribution in [0.1, 0.15) is 19.3 Å². The lowest BCUT2D eigenvalue weighted by Gasteiger charge is -2.12. The first kappa shape index (κ1) is 14.5. The fourth-order valence-electron chi connectivity index (χ4n) is 2.57. The standard InChI is InChI=1S/C16H19NO3S/c18-15(13-8-9-13)10-11-17-21(19,20)16-7-3-5-12-4-1-2-6-14(12)16/h1-7,13,15,17-18H,8-11H2. The first-order valence-electron chi connectivity index (χ1n) is 7.23. The van der Waals surface area contributed by atoms with Crippen LogP contribution in [0.3, 0.4) is 0 Å². The molecular weight excluding hydrogens is 286 g/mol. The number of rotatable bonds is 6. The highest BCUT2D eigenvalue weighted by Gasteiger charge is 2.29. The van der Waals surface area contributed by atoms with Gasteiger partial charge in [0.2, 0.25) is 10.0 Å². The molecule has 0 aromatic heterocycles. The first-order valence-corrected chi connectivity index (χ1v) is 8.72. The van der Waals surface area contributed by atoms with Crippen molar-refractivity contribution in [2.24, 2.45) is 5.92 Å². The van der Waals surface area contributed by atoms with E-state index >= 15 is 0 Å². The third kappa shape index (κ3) is 3.26. The van der Waals surface area contributed by atoms with E-state index in [1.807, 2.05) is 30.3 Å². The highest BCUT2D eigenvalue weighted by Crippen LogP contribution is 2.33. The molecule has 0 saturated heterocycles. The monoisotopic (exact) mass is 305 g/mol. The molecule has 0 aliphatic heterocycles. The predicted octanol–water partition coefficient (Wildman–Crippen LogP) is 2.28. The van der Waals surface area contributed by atoms with Gasteiger partial charge in [-0.2, -0.15) is 0 Å². The largest absolute Gasteiger partial charge is 0.393 e. The molecule has 1 unspecified atom stereocenters. The van der Waals surface area contributed by atoms with Crippen LogP contribution in [0.15, 0.2) is 47.4 Å². The molecule has 0 amide bonds. The van der Waals surface area contributed by atoms with E-state index in [1.54, 1.807) is 12.1 Å². The van der Waals surface area contributed by atoms with Crippen molar-refractivity contribution in [1.29, 1.82) is 0 Å². The van der Waals surface area contributed by atoms with Gasteiger partial charge in [0.15, 0.2) is 0 Å². The van der Waals surface area contributed by atoms with Gasteiger partial charge in [0, 0.05) is 11.9 Å². The summed E-state index contributed by atoms with van der Waals surface area (Å²) in [4.78, 5) is 0.293. The van der Waals surface area contributed by atoms with Crippen LogP contribution in [0, 0.1) is 5.92 Å². The minimum absolute atomic E-state index is 0.267. The van der Waals surface area contributed by atoms with Crippen LogP contribution in [0.5, 0.6) is 0 Å². The smallest absolute Gasteiger partial charge is 0.241 e. The van der Waals surface area contributed by atoms with Gasteiger partial charge in [-0.15, -0.1) is 0 Å². The summed E-state index contributed by atoms with van der Waals surface area (Å²) in [6, 6.07) is 12.7. The Bertz CT molecular complexity index is 733. The van der Waals surface area contributed by atoms with Gasteiger partial charge in [0.25, 0.3) is 0 Å². The second kappa shape index (κ2) is 5.75. The van der Waals surface area contributed by atoms with Crippen LogP contribution in [-0.2, 0) is 10.0 Å². The highest BCUT2D eigenvalue weighted by molar-refractivity contribution is 7.89. The molecule has 1 atom stereocenters. The van der Waals surface area contributed by atoms with E-state index in [0.717, 1.165) is 23.6 Å². The Morgan fingerprint density at radius 2 is 1.86 bits per heavy atom. The van der Waals surface area contributed by atoms with Crippen molar-refractivity contribution in [1.82, 2.24) is 4.72 Å². The van der Waals surface area contributed by atoms with Crippen LogP contribution < -0.4 is 4.72 Å². The quantitative estimate of drug-likeness (QED) is 0.860. The topological polar surface area (TPSA) is 66.4 Å². The Morgan fingerprint density at radius 1 is 1.14 bits per heavy atom. The minimum atomic E-state index is -3.55. The van der Waals surface area contributed by atoms with E-state index in [9.17, 15) is 13.5 Å². The lowest BCUT2D eigenvalue weighted by molar-refractivity contribution is 0.143. The van der Waals surface area contributed by atoms with Crippen LogP contribution in [0.2, 0.25) is 0 Å². The molecule has 1 aliphatic carbocycles. The summed E-state index contributed by atoms with van der Waals surface area (Å²) in [5.41, 5.74) is 0. The maximum atomic E-state index is 12.4. The Balaban J connectivity index is 1.76. The minimum Gasteiger partial charge on any atom is -0.393 e. The van der Waals surface area contributed by atoms with Crippen LogP contribution in [0.4, 0.5) is 0 Å². The van der Waals surface area contributed by atoms with Gasteiger partial charge in [-0.25, -0.2) is 13.1 Å². The van der Waals surface area contributed by atoms with Gasteiger partial charge in [0.05, 0.1) is 11.0 Å². The molecule has 0 radical (unpaired) electrons. The fraction of sp³-hybridized carbons (Fsp3) is 0.375. The number of sulfonamides is 1. The molecule has 1 aliphatic rings. The molecule has 21 heavy (non-hydrogen) atoms. The zero-order chi connectivity index (χ0) is 14.9. The average Bonchev–Trinajstić information content (AvgIpc) is 3.31. The Labute approximate surface area is 124 Å². The Morgan fingerprint density at radius 3 is 2.62 bits per heavy atom. The predicted molar refractivity (Wildman–Crippen MR) is 82.5 cm³/mol. The number of hydrogen-bond acceptors (Lipinski definition) is 3. The maximum Gasteiger partial charge on any atom is 0.241 e. The normalized spacial score (nSPS) is 17.0. The van der Waals surface area contributed by atoms with Crippen LogP contribution in [0.25, 0.3) is 10.8 Å². The Kier molecular flexibility index (Phi) is 3.97. The number of aliphatic hydroxyl groups is 1. The van der Waals surface area contributed by atoms with E-state index in [4.69, 9.17) is 0 Å². The number of hydrogen-bond donors (Lipinski definition) is 2. The van der Waals surface area contributed by atoms with Gasteiger partial charge in [-0.1, -0.05) is 36.4 Å². The molecule has 1 fully saturated rings. The van der Waals surface area contributed by atoms with E-state index in [2.05, 4.69) is 4.72 Å². The van der Waals surface area contributed by atoms with E-state index in [0.29, 0.717) is 17.2 Å². The van der Waals surface area contributed by atoms with E-state index in [1.165, 1.54) is 0 Å². The molecule has 0 spiro atoms. The SMILES string of the molecule is O=S(=O)(NCCC(O)C1CC1)c1cccc2ccccc12. The van der Waals surface area contributed by atoms with E-state index in [-0.39, 0.29) is 12.6 Å². The van der Waals surface area contributed by atoms with Crippen LogP contribution in [-0.4, -0.2) is 26.2 Å². The second-order valence-electron chi connectivity index (χ2n) is 5.57. The summed E-state index contributed by atoms with van der Waals surface area (Å²) in [6.07, 6.45) is 2.18. The summed E-state index contributed by atoms with van der Waals surface area (Å²) in [6.45, 7) is 0.267. The maximum absolute atomic E-state index is 12.4. The molecule has 0 bridgehead atoms. The van der Waals surface area contributed by atoms with Gasteiger partial charge >= 0.3 is 0 Å².